The Balaban J connectivity index is 2.42. The van der Waals surface area contributed by atoms with Crippen molar-refractivity contribution >= 4 is 17.7 Å². The van der Waals surface area contributed by atoms with E-state index in [0.29, 0.717) is 17.4 Å². The van der Waals surface area contributed by atoms with Crippen molar-refractivity contribution in [1.29, 1.82) is 0 Å². The van der Waals surface area contributed by atoms with E-state index in [1.807, 2.05) is 20.8 Å². The minimum absolute atomic E-state index is 0.0408. The first-order valence-corrected chi connectivity index (χ1v) is 6.79. The van der Waals surface area contributed by atoms with Gasteiger partial charge in [0.15, 0.2) is 6.61 Å². The SMILES string of the molecule is COC(=O)Nc1ccc(OCC(=O)NC(C)C(C)C)cc1. The fourth-order valence-electron chi connectivity index (χ4n) is 1.41. The molecule has 1 aromatic carbocycles. The highest BCUT2D eigenvalue weighted by Gasteiger charge is 2.11. The largest absolute Gasteiger partial charge is 0.484 e. The Morgan fingerprint density at radius 3 is 2.29 bits per heavy atom. The Morgan fingerprint density at radius 1 is 1.14 bits per heavy atom. The minimum Gasteiger partial charge on any atom is -0.484 e. The van der Waals surface area contributed by atoms with Crippen LogP contribution >= 0.6 is 0 Å². The number of hydrogen-bond donors (Lipinski definition) is 2. The van der Waals surface area contributed by atoms with Gasteiger partial charge in [-0.25, -0.2) is 4.79 Å². The number of benzene rings is 1. The van der Waals surface area contributed by atoms with Crippen LogP contribution in [0.3, 0.4) is 0 Å². The third-order valence-corrected chi connectivity index (χ3v) is 3.04. The predicted molar refractivity (Wildman–Crippen MR) is 80.4 cm³/mol. The number of nitrogens with one attached hydrogen (secondary N) is 2. The highest BCUT2D eigenvalue weighted by molar-refractivity contribution is 5.84. The molecule has 0 saturated heterocycles. The molecule has 21 heavy (non-hydrogen) atoms. The Bertz CT molecular complexity index is 471. The lowest BCUT2D eigenvalue weighted by atomic mass is 10.1. The summed E-state index contributed by atoms with van der Waals surface area (Å²) in [6.45, 7) is 5.99. The highest BCUT2D eigenvalue weighted by atomic mass is 16.5. The van der Waals surface area contributed by atoms with Gasteiger partial charge in [0, 0.05) is 11.7 Å². The van der Waals surface area contributed by atoms with E-state index in [-0.39, 0.29) is 18.6 Å². The molecule has 0 bridgehead atoms. The molecule has 0 aliphatic heterocycles. The van der Waals surface area contributed by atoms with E-state index in [0.717, 1.165) is 0 Å². The first-order chi connectivity index (χ1) is 9.92. The second-order valence-corrected chi connectivity index (χ2v) is 5.03. The van der Waals surface area contributed by atoms with Crippen molar-refractivity contribution in [2.45, 2.75) is 26.8 Å². The molecule has 116 valence electrons. The third kappa shape index (κ3) is 6.16. The van der Waals surface area contributed by atoms with Crippen LogP contribution in [0.2, 0.25) is 0 Å². The summed E-state index contributed by atoms with van der Waals surface area (Å²) >= 11 is 0. The monoisotopic (exact) mass is 294 g/mol. The molecular weight excluding hydrogens is 272 g/mol. The maximum atomic E-state index is 11.7. The van der Waals surface area contributed by atoms with Gasteiger partial charge >= 0.3 is 6.09 Å². The molecule has 1 unspecified atom stereocenters. The molecule has 1 atom stereocenters. The van der Waals surface area contributed by atoms with Crippen LogP contribution in [0.25, 0.3) is 0 Å². The normalized spacial score (nSPS) is 11.7. The van der Waals surface area contributed by atoms with Crippen molar-refractivity contribution in [3.05, 3.63) is 24.3 Å². The molecule has 1 rings (SSSR count). The van der Waals surface area contributed by atoms with Gasteiger partial charge in [-0.1, -0.05) is 13.8 Å². The van der Waals surface area contributed by atoms with E-state index < -0.39 is 6.09 Å². The lowest BCUT2D eigenvalue weighted by Gasteiger charge is -2.17. The van der Waals surface area contributed by atoms with E-state index in [1.54, 1.807) is 24.3 Å². The minimum atomic E-state index is -0.536. The number of ether oxygens (including phenoxy) is 2. The molecule has 2 amide bonds. The third-order valence-electron chi connectivity index (χ3n) is 3.04. The molecule has 6 heteroatoms. The van der Waals surface area contributed by atoms with E-state index in [9.17, 15) is 9.59 Å². The summed E-state index contributed by atoms with van der Waals surface area (Å²) in [6, 6.07) is 6.78. The van der Waals surface area contributed by atoms with Crippen LogP contribution in [0.5, 0.6) is 5.75 Å². The van der Waals surface area contributed by atoms with Crippen molar-refractivity contribution in [2.75, 3.05) is 19.0 Å². The Labute approximate surface area is 124 Å². The summed E-state index contributed by atoms with van der Waals surface area (Å²) in [4.78, 5) is 22.7. The van der Waals surface area contributed by atoms with Crippen molar-refractivity contribution in [1.82, 2.24) is 5.32 Å². The fraction of sp³-hybridized carbons (Fsp3) is 0.467. The molecule has 0 aliphatic rings. The standard InChI is InChI=1S/C15H22N2O4/c1-10(2)11(3)16-14(18)9-21-13-7-5-12(6-8-13)17-15(19)20-4/h5-8,10-11H,9H2,1-4H3,(H,16,18)(H,17,19). The van der Waals surface area contributed by atoms with Crippen LogP contribution < -0.4 is 15.4 Å². The summed E-state index contributed by atoms with van der Waals surface area (Å²) in [7, 11) is 1.30. The quantitative estimate of drug-likeness (QED) is 0.844. The molecule has 0 fully saturated rings. The van der Waals surface area contributed by atoms with E-state index in [1.165, 1.54) is 7.11 Å². The van der Waals surface area contributed by atoms with Gasteiger partial charge in [-0.2, -0.15) is 0 Å². The average Bonchev–Trinajstić information content (AvgIpc) is 2.46. The Morgan fingerprint density at radius 2 is 1.76 bits per heavy atom. The van der Waals surface area contributed by atoms with Crippen LogP contribution in [0.15, 0.2) is 24.3 Å². The summed E-state index contributed by atoms with van der Waals surface area (Å²) in [6.07, 6.45) is -0.536. The number of methoxy groups -OCH3 is 1. The molecule has 6 nitrogen and oxygen atoms in total. The van der Waals surface area contributed by atoms with Crippen LogP contribution in [0.1, 0.15) is 20.8 Å². The molecule has 0 saturated carbocycles. The topological polar surface area (TPSA) is 76.7 Å². The van der Waals surface area contributed by atoms with Gasteiger partial charge in [-0.15, -0.1) is 0 Å². The highest BCUT2D eigenvalue weighted by Crippen LogP contribution is 2.15. The zero-order chi connectivity index (χ0) is 15.8. The second-order valence-electron chi connectivity index (χ2n) is 5.03. The Hall–Kier alpha value is -2.24. The number of hydrogen-bond acceptors (Lipinski definition) is 4. The van der Waals surface area contributed by atoms with Gasteiger partial charge < -0.3 is 14.8 Å². The summed E-state index contributed by atoms with van der Waals surface area (Å²) in [5.41, 5.74) is 0.590. The lowest BCUT2D eigenvalue weighted by Crippen LogP contribution is -2.38. The van der Waals surface area contributed by atoms with Gasteiger partial charge in [0.05, 0.1) is 7.11 Å². The number of carbonyl (C=O) groups excluding carboxylic acids is 2. The zero-order valence-corrected chi connectivity index (χ0v) is 12.8. The zero-order valence-electron chi connectivity index (χ0n) is 12.8. The summed E-state index contributed by atoms with van der Waals surface area (Å²) in [5, 5.41) is 5.38. The molecule has 0 heterocycles. The molecule has 0 spiro atoms. The van der Waals surface area contributed by atoms with Gasteiger partial charge in [0.1, 0.15) is 5.75 Å². The number of rotatable bonds is 6. The van der Waals surface area contributed by atoms with Crippen LogP contribution in [-0.4, -0.2) is 31.8 Å². The molecule has 0 aromatic heterocycles. The molecular formula is C15H22N2O4. The summed E-state index contributed by atoms with van der Waals surface area (Å²) in [5.74, 6) is 0.767. The number of amides is 2. The first kappa shape index (κ1) is 16.8. The summed E-state index contributed by atoms with van der Waals surface area (Å²) < 4.78 is 9.86. The van der Waals surface area contributed by atoms with Gasteiger partial charge in [0.2, 0.25) is 0 Å². The van der Waals surface area contributed by atoms with Gasteiger partial charge in [0.25, 0.3) is 5.91 Å². The number of anilines is 1. The first-order valence-electron chi connectivity index (χ1n) is 6.79. The van der Waals surface area contributed by atoms with Crippen molar-refractivity contribution in [3.8, 4) is 5.75 Å². The maximum Gasteiger partial charge on any atom is 0.411 e. The van der Waals surface area contributed by atoms with Crippen LogP contribution in [0.4, 0.5) is 10.5 Å². The maximum absolute atomic E-state index is 11.7. The number of carbonyl (C=O) groups is 2. The fourth-order valence-corrected chi connectivity index (χ4v) is 1.41. The molecule has 2 N–H and O–H groups in total. The second kappa shape index (κ2) is 8.14. The van der Waals surface area contributed by atoms with Crippen molar-refractivity contribution < 1.29 is 19.1 Å². The molecule has 1 aromatic rings. The van der Waals surface area contributed by atoms with E-state index >= 15 is 0 Å². The van der Waals surface area contributed by atoms with E-state index in [4.69, 9.17) is 4.74 Å². The molecule has 0 aliphatic carbocycles. The van der Waals surface area contributed by atoms with Crippen LogP contribution in [-0.2, 0) is 9.53 Å². The predicted octanol–water partition coefficient (Wildman–Crippen LogP) is 2.40. The lowest BCUT2D eigenvalue weighted by molar-refractivity contribution is -0.124. The smallest absolute Gasteiger partial charge is 0.411 e. The molecule has 0 radical (unpaired) electrons. The van der Waals surface area contributed by atoms with Crippen molar-refractivity contribution in [2.24, 2.45) is 5.92 Å². The van der Waals surface area contributed by atoms with Gasteiger partial charge in [-0.3, -0.25) is 10.1 Å². The van der Waals surface area contributed by atoms with Gasteiger partial charge in [-0.05, 0) is 37.1 Å². The average molecular weight is 294 g/mol. The van der Waals surface area contributed by atoms with E-state index in [2.05, 4.69) is 15.4 Å². The van der Waals surface area contributed by atoms with Crippen LogP contribution in [0, 0.1) is 5.92 Å². The van der Waals surface area contributed by atoms with Crippen molar-refractivity contribution in [3.63, 3.8) is 0 Å². The Kier molecular flexibility index (Phi) is 6.52.